The van der Waals surface area contributed by atoms with E-state index in [0.29, 0.717) is 6.54 Å². The molecule has 7 heteroatoms. The Kier molecular flexibility index (Phi) is 2.71. The zero-order valence-electron chi connectivity index (χ0n) is 10.4. The summed E-state index contributed by atoms with van der Waals surface area (Å²) in [6.45, 7) is 2.51. The fourth-order valence-electron chi connectivity index (χ4n) is 1.81. The maximum Gasteiger partial charge on any atom is 0.221 e. The van der Waals surface area contributed by atoms with Crippen molar-refractivity contribution in [3.63, 3.8) is 0 Å². The van der Waals surface area contributed by atoms with Crippen LogP contribution >= 0.6 is 0 Å². The van der Waals surface area contributed by atoms with E-state index >= 15 is 0 Å². The Bertz CT molecular complexity index is 719. The Labute approximate surface area is 109 Å². The van der Waals surface area contributed by atoms with E-state index in [4.69, 9.17) is 5.73 Å². The standard InChI is InChI=1S/C12H13N7/c1-8-5-16-12(13)18-10(8)15-6-9-7-17-19-4-2-3-14-11(9)19/h2-5,7H,6H2,1H3,(H3,13,15,16,18). The summed E-state index contributed by atoms with van der Waals surface area (Å²) in [6.07, 6.45) is 7.09. The second-order valence-corrected chi connectivity index (χ2v) is 4.17. The first kappa shape index (κ1) is 11.4. The molecule has 0 atom stereocenters. The first-order chi connectivity index (χ1) is 9.24. The summed E-state index contributed by atoms with van der Waals surface area (Å²) in [5.74, 6) is 0.980. The summed E-state index contributed by atoms with van der Waals surface area (Å²) < 4.78 is 1.73. The zero-order chi connectivity index (χ0) is 13.2. The minimum atomic E-state index is 0.256. The number of anilines is 2. The van der Waals surface area contributed by atoms with Crippen LogP contribution in [0.25, 0.3) is 5.65 Å². The Hall–Kier alpha value is -2.70. The summed E-state index contributed by atoms with van der Waals surface area (Å²) in [4.78, 5) is 12.4. The van der Waals surface area contributed by atoms with E-state index in [-0.39, 0.29) is 5.95 Å². The number of fused-ring (bicyclic) bond motifs is 1. The monoisotopic (exact) mass is 255 g/mol. The molecule has 7 nitrogen and oxygen atoms in total. The molecule has 3 N–H and O–H groups in total. The Balaban J connectivity index is 1.84. The van der Waals surface area contributed by atoms with Crippen molar-refractivity contribution < 1.29 is 0 Å². The van der Waals surface area contributed by atoms with Crippen LogP contribution in [0.2, 0.25) is 0 Å². The molecular formula is C12H13N7. The van der Waals surface area contributed by atoms with E-state index in [0.717, 1.165) is 22.6 Å². The van der Waals surface area contributed by atoms with Crippen LogP contribution in [-0.2, 0) is 6.54 Å². The van der Waals surface area contributed by atoms with Gasteiger partial charge in [0.05, 0.1) is 6.20 Å². The molecule has 0 unspecified atom stereocenters. The molecular weight excluding hydrogens is 242 g/mol. The number of rotatable bonds is 3. The van der Waals surface area contributed by atoms with E-state index in [1.54, 1.807) is 23.1 Å². The molecule has 0 bridgehead atoms. The molecule has 0 saturated heterocycles. The number of nitrogens with zero attached hydrogens (tertiary/aromatic N) is 5. The van der Waals surface area contributed by atoms with E-state index in [9.17, 15) is 0 Å². The molecule has 96 valence electrons. The molecule has 0 amide bonds. The number of aromatic nitrogens is 5. The largest absolute Gasteiger partial charge is 0.368 e. The summed E-state index contributed by atoms with van der Waals surface area (Å²) in [7, 11) is 0. The van der Waals surface area contributed by atoms with Crippen LogP contribution in [-0.4, -0.2) is 24.6 Å². The summed E-state index contributed by atoms with van der Waals surface area (Å²) in [6, 6.07) is 1.84. The van der Waals surface area contributed by atoms with Crippen LogP contribution in [0.15, 0.2) is 30.9 Å². The van der Waals surface area contributed by atoms with Gasteiger partial charge in [0, 0.05) is 36.3 Å². The van der Waals surface area contributed by atoms with Crippen LogP contribution in [0.4, 0.5) is 11.8 Å². The quantitative estimate of drug-likeness (QED) is 0.725. The number of aryl methyl sites for hydroxylation is 1. The average Bonchev–Trinajstić information content (AvgIpc) is 2.83. The van der Waals surface area contributed by atoms with Gasteiger partial charge < -0.3 is 11.1 Å². The highest BCUT2D eigenvalue weighted by Gasteiger charge is 2.06. The molecule has 3 heterocycles. The van der Waals surface area contributed by atoms with E-state index < -0.39 is 0 Å². The molecule has 0 aliphatic heterocycles. The van der Waals surface area contributed by atoms with Gasteiger partial charge in [-0.15, -0.1) is 0 Å². The van der Waals surface area contributed by atoms with Crippen molar-refractivity contribution in [3.8, 4) is 0 Å². The van der Waals surface area contributed by atoms with Crippen LogP contribution in [0, 0.1) is 6.92 Å². The van der Waals surface area contributed by atoms with Gasteiger partial charge in [-0.25, -0.2) is 14.5 Å². The maximum absolute atomic E-state index is 5.58. The molecule has 3 rings (SSSR count). The normalized spacial score (nSPS) is 10.8. The number of nitrogens with one attached hydrogen (secondary N) is 1. The first-order valence-corrected chi connectivity index (χ1v) is 5.84. The predicted molar refractivity (Wildman–Crippen MR) is 71.5 cm³/mol. The third-order valence-corrected chi connectivity index (χ3v) is 2.79. The van der Waals surface area contributed by atoms with Crippen LogP contribution < -0.4 is 11.1 Å². The summed E-state index contributed by atoms with van der Waals surface area (Å²) in [5, 5.41) is 7.45. The van der Waals surface area contributed by atoms with Gasteiger partial charge in [0.2, 0.25) is 5.95 Å². The second-order valence-electron chi connectivity index (χ2n) is 4.17. The molecule has 0 radical (unpaired) electrons. The highest BCUT2D eigenvalue weighted by Crippen LogP contribution is 2.14. The second kappa shape index (κ2) is 4.52. The van der Waals surface area contributed by atoms with E-state index in [1.165, 1.54) is 0 Å². The number of hydrogen-bond acceptors (Lipinski definition) is 6. The molecule has 3 aromatic heterocycles. The first-order valence-electron chi connectivity index (χ1n) is 5.84. The van der Waals surface area contributed by atoms with Crippen molar-refractivity contribution in [2.75, 3.05) is 11.1 Å². The van der Waals surface area contributed by atoms with Crippen molar-refractivity contribution in [1.82, 2.24) is 24.6 Å². The van der Waals surface area contributed by atoms with Crippen molar-refractivity contribution in [1.29, 1.82) is 0 Å². The Morgan fingerprint density at radius 3 is 3.11 bits per heavy atom. The van der Waals surface area contributed by atoms with Gasteiger partial charge in [-0.1, -0.05) is 0 Å². The molecule has 0 saturated carbocycles. The molecule has 0 aliphatic rings. The van der Waals surface area contributed by atoms with Crippen molar-refractivity contribution in [3.05, 3.63) is 42.0 Å². The van der Waals surface area contributed by atoms with Gasteiger partial charge in [0.1, 0.15) is 5.82 Å². The lowest BCUT2D eigenvalue weighted by atomic mass is 10.3. The van der Waals surface area contributed by atoms with Crippen LogP contribution in [0.5, 0.6) is 0 Å². The topological polar surface area (TPSA) is 94.0 Å². The Morgan fingerprint density at radius 2 is 2.21 bits per heavy atom. The summed E-state index contributed by atoms with van der Waals surface area (Å²) >= 11 is 0. The van der Waals surface area contributed by atoms with Crippen LogP contribution in [0.3, 0.4) is 0 Å². The fourth-order valence-corrected chi connectivity index (χ4v) is 1.81. The predicted octanol–water partition coefficient (Wildman–Crippen LogP) is 1.02. The van der Waals surface area contributed by atoms with Gasteiger partial charge in [0.15, 0.2) is 5.65 Å². The van der Waals surface area contributed by atoms with Crippen molar-refractivity contribution >= 4 is 17.4 Å². The number of hydrogen-bond donors (Lipinski definition) is 2. The molecule has 0 aromatic carbocycles. The molecule has 19 heavy (non-hydrogen) atoms. The number of nitrogen functional groups attached to an aromatic ring is 1. The van der Waals surface area contributed by atoms with Gasteiger partial charge in [-0.05, 0) is 13.0 Å². The fraction of sp³-hybridized carbons (Fsp3) is 0.167. The lowest BCUT2D eigenvalue weighted by Gasteiger charge is -2.07. The lowest BCUT2D eigenvalue weighted by Crippen LogP contribution is -2.06. The third-order valence-electron chi connectivity index (χ3n) is 2.79. The van der Waals surface area contributed by atoms with Gasteiger partial charge in [-0.3, -0.25) is 0 Å². The van der Waals surface area contributed by atoms with Gasteiger partial charge in [-0.2, -0.15) is 10.1 Å². The molecule has 0 aliphatic carbocycles. The summed E-state index contributed by atoms with van der Waals surface area (Å²) in [5.41, 5.74) is 8.34. The zero-order valence-corrected chi connectivity index (χ0v) is 10.4. The maximum atomic E-state index is 5.58. The molecule has 3 aromatic rings. The minimum Gasteiger partial charge on any atom is -0.368 e. The van der Waals surface area contributed by atoms with Gasteiger partial charge in [0.25, 0.3) is 0 Å². The highest BCUT2D eigenvalue weighted by atomic mass is 15.2. The lowest BCUT2D eigenvalue weighted by molar-refractivity contribution is 0.939. The average molecular weight is 255 g/mol. The molecule has 0 fully saturated rings. The molecule has 0 spiro atoms. The highest BCUT2D eigenvalue weighted by molar-refractivity contribution is 5.50. The third kappa shape index (κ3) is 2.17. The Morgan fingerprint density at radius 1 is 1.32 bits per heavy atom. The van der Waals surface area contributed by atoms with E-state index in [1.807, 2.05) is 19.2 Å². The van der Waals surface area contributed by atoms with Crippen molar-refractivity contribution in [2.45, 2.75) is 13.5 Å². The van der Waals surface area contributed by atoms with Crippen LogP contribution in [0.1, 0.15) is 11.1 Å². The van der Waals surface area contributed by atoms with Crippen molar-refractivity contribution in [2.24, 2.45) is 0 Å². The SMILES string of the molecule is Cc1cnc(N)nc1NCc1cnn2cccnc12. The number of nitrogens with two attached hydrogens (primary N) is 1. The minimum absolute atomic E-state index is 0.256. The smallest absolute Gasteiger partial charge is 0.221 e. The van der Waals surface area contributed by atoms with E-state index in [2.05, 4.69) is 25.4 Å². The van der Waals surface area contributed by atoms with Gasteiger partial charge >= 0.3 is 0 Å².